The van der Waals surface area contributed by atoms with Gasteiger partial charge in [-0.25, -0.2) is 42.9 Å². The van der Waals surface area contributed by atoms with Gasteiger partial charge in [0.15, 0.2) is 16.5 Å². The number of aromatic nitrogens is 6. The molecule has 24 heteroatoms. The number of urea groups is 2. The van der Waals surface area contributed by atoms with Crippen molar-refractivity contribution in [3.8, 4) is 22.3 Å². The highest BCUT2D eigenvalue weighted by molar-refractivity contribution is 7.98. The van der Waals surface area contributed by atoms with Crippen LogP contribution in [0.1, 0.15) is 13.8 Å². The highest BCUT2D eigenvalue weighted by atomic mass is 35.5. The number of anilines is 2. The molecule has 4 aromatic heterocycles. The number of fused-ring (bicyclic) bond motifs is 2. The molecule has 0 radical (unpaired) electrons. The molecule has 0 aliphatic rings. The first-order chi connectivity index (χ1) is 29.5. The molecular weight excluding hydrogens is 930 g/mol. The van der Waals surface area contributed by atoms with Crippen LogP contribution in [0.25, 0.3) is 44.3 Å². The molecule has 0 unspecified atom stereocenters. The van der Waals surface area contributed by atoms with Crippen molar-refractivity contribution >= 4 is 126 Å². The van der Waals surface area contributed by atoms with E-state index in [1.165, 1.54) is 18.0 Å². The monoisotopic (exact) mass is 962 g/mol. The Morgan fingerprint density at radius 1 is 0.661 bits per heavy atom. The van der Waals surface area contributed by atoms with Gasteiger partial charge in [0, 0.05) is 51.7 Å². The van der Waals surface area contributed by atoms with Gasteiger partial charge in [-0.15, -0.1) is 0 Å². The Bertz CT molecular complexity index is 2770. The van der Waals surface area contributed by atoms with Crippen molar-refractivity contribution < 1.29 is 37.1 Å². The van der Waals surface area contributed by atoms with Crippen LogP contribution in [0.5, 0.6) is 0 Å². The number of benzene rings is 2. The Morgan fingerprint density at radius 2 is 1.08 bits per heavy atom. The van der Waals surface area contributed by atoms with Crippen molar-refractivity contribution in [2.75, 3.05) is 49.4 Å². The predicted octanol–water partition coefficient (Wildman–Crippen LogP) is 7.49. The van der Waals surface area contributed by atoms with E-state index in [0.717, 1.165) is 6.26 Å². The average molecular weight is 965 g/mol. The Kier molecular flexibility index (Phi) is 16.4. The Labute approximate surface area is 378 Å². The maximum atomic E-state index is 12.4. The maximum Gasteiger partial charge on any atom is 0.325 e. The molecular formula is C38H34Cl4N10O8S2. The van der Waals surface area contributed by atoms with Gasteiger partial charge < -0.3 is 20.1 Å². The van der Waals surface area contributed by atoms with Gasteiger partial charge in [-0.3, -0.25) is 20.2 Å². The Balaban J connectivity index is 0.000000235. The van der Waals surface area contributed by atoms with Crippen LogP contribution in [0.2, 0.25) is 20.1 Å². The van der Waals surface area contributed by atoms with Crippen LogP contribution in [0, 0.1) is 0 Å². The number of ether oxygens (including phenoxy) is 2. The van der Waals surface area contributed by atoms with Crippen LogP contribution in [0.15, 0.2) is 71.2 Å². The molecule has 0 spiro atoms. The normalized spacial score (nSPS) is 11.0. The molecule has 6 aromatic rings. The number of sulfone groups is 1. The number of amides is 4. The zero-order chi connectivity index (χ0) is 45.1. The van der Waals surface area contributed by atoms with E-state index in [9.17, 15) is 27.6 Å². The van der Waals surface area contributed by atoms with Crippen LogP contribution >= 0.6 is 58.2 Å². The van der Waals surface area contributed by atoms with E-state index in [1.54, 1.807) is 68.6 Å². The molecule has 4 N–H and O–H groups in total. The fourth-order valence-electron chi connectivity index (χ4n) is 5.29. The lowest BCUT2D eigenvalue weighted by atomic mass is 10.0. The van der Waals surface area contributed by atoms with E-state index >= 15 is 0 Å². The molecule has 0 bridgehead atoms. The van der Waals surface area contributed by atoms with Crippen molar-refractivity contribution in [1.82, 2.24) is 40.5 Å². The van der Waals surface area contributed by atoms with Gasteiger partial charge >= 0.3 is 24.0 Å². The Hall–Kier alpha value is -5.64. The zero-order valence-electron chi connectivity index (χ0n) is 32.9. The number of halogens is 4. The number of thioether (sulfide) groups is 1. The minimum Gasteiger partial charge on any atom is -0.465 e. The van der Waals surface area contributed by atoms with Crippen LogP contribution < -0.4 is 21.3 Å². The summed E-state index contributed by atoms with van der Waals surface area (Å²) in [5, 5.41) is 12.5. The third-order valence-corrected chi connectivity index (χ3v) is 10.6. The lowest BCUT2D eigenvalue weighted by Gasteiger charge is -2.14. The smallest absolute Gasteiger partial charge is 0.325 e. The van der Waals surface area contributed by atoms with Crippen LogP contribution in [-0.4, -0.2) is 101 Å². The van der Waals surface area contributed by atoms with Crippen molar-refractivity contribution in [2.45, 2.75) is 24.2 Å². The van der Waals surface area contributed by atoms with Crippen molar-refractivity contribution in [3.05, 3.63) is 81.0 Å². The third kappa shape index (κ3) is 12.3. The van der Waals surface area contributed by atoms with E-state index in [1.807, 2.05) is 6.26 Å². The lowest BCUT2D eigenvalue weighted by molar-refractivity contribution is -0.142. The SMILES string of the molecule is CCOC(=O)CNC(=O)Nc1nc2nc(S(C)(=O)=O)ncc2cc1-c1c(Cl)cccc1Cl.CCOC(=O)CNC(=O)Nc1nc2nc(SC)ncc2cc1-c1c(Cl)cccc1Cl. The summed E-state index contributed by atoms with van der Waals surface area (Å²) >= 11 is 26.8. The largest absolute Gasteiger partial charge is 0.465 e. The Morgan fingerprint density at radius 3 is 1.48 bits per heavy atom. The summed E-state index contributed by atoms with van der Waals surface area (Å²) in [6, 6.07) is 11.9. The van der Waals surface area contributed by atoms with Gasteiger partial charge in [0.1, 0.15) is 24.7 Å². The topological polar surface area (TPSA) is 246 Å². The second-order valence-corrected chi connectivity index (χ2v) is 16.6. The summed E-state index contributed by atoms with van der Waals surface area (Å²) in [6.45, 7) is 3.07. The minimum absolute atomic E-state index is 0.00740. The number of nitrogens with zero attached hydrogens (tertiary/aromatic N) is 6. The number of nitrogens with one attached hydrogen (secondary N) is 4. The number of hydrogen-bond acceptors (Lipinski definition) is 15. The van der Waals surface area contributed by atoms with Gasteiger partial charge in [-0.2, -0.15) is 4.98 Å². The van der Waals surface area contributed by atoms with Gasteiger partial charge in [-0.1, -0.05) is 70.3 Å². The summed E-state index contributed by atoms with van der Waals surface area (Å²) in [7, 11) is -3.69. The summed E-state index contributed by atoms with van der Waals surface area (Å²) in [6.07, 6.45) is 5.75. The average Bonchev–Trinajstić information content (AvgIpc) is 3.22. The van der Waals surface area contributed by atoms with Crippen LogP contribution in [-0.2, 0) is 28.9 Å². The molecule has 0 saturated carbocycles. The number of hydrogen-bond donors (Lipinski definition) is 4. The van der Waals surface area contributed by atoms with Crippen LogP contribution in [0.4, 0.5) is 21.2 Å². The summed E-state index contributed by atoms with van der Waals surface area (Å²) < 4.78 is 33.2. The standard InChI is InChI=1S/C19H17Cl2N5O5S.C19H17Cl2N5O3S/c1-3-31-14(27)9-22-18(28)25-17-11(15-12(20)5-4-6-13(15)21)7-10-8-23-19(32(2,29)30)26-16(10)24-17;1-3-29-14(27)9-22-18(28)25-17-11(15-12(20)5-4-6-13(15)21)7-10-8-23-19(30-2)26-16(10)24-17/h4-8H,3,9H2,1-2H3,(H2,22,23,24,25,26,28);4-8H,3,9H2,1-2H3,(H2,22,23,24,25,26,28). The number of carbonyl (C=O) groups is 4. The summed E-state index contributed by atoms with van der Waals surface area (Å²) in [5.74, 6) is -0.989. The molecule has 0 aliphatic heterocycles. The second-order valence-electron chi connectivity index (χ2n) is 12.3. The number of pyridine rings is 2. The van der Waals surface area contributed by atoms with E-state index in [4.69, 9.17) is 55.9 Å². The van der Waals surface area contributed by atoms with E-state index < -0.39 is 39.0 Å². The highest BCUT2D eigenvalue weighted by Gasteiger charge is 2.21. The van der Waals surface area contributed by atoms with E-state index in [0.29, 0.717) is 63.9 Å². The zero-order valence-corrected chi connectivity index (χ0v) is 37.5. The van der Waals surface area contributed by atoms with Crippen molar-refractivity contribution in [2.24, 2.45) is 0 Å². The first kappa shape index (κ1) is 47.4. The molecule has 324 valence electrons. The molecule has 0 atom stereocenters. The fourth-order valence-corrected chi connectivity index (χ4v) is 7.32. The summed E-state index contributed by atoms with van der Waals surface area (Å²) in [5.41, 5.74) is 2.14. The molecule has 0 aliphatic carbocycles. The predicted molar refractivity (Wildman–Crippen MR) is 238 cm³/mol. The quantitative estimate of drug-likeness (QED) is 0.0527. The first-order valence-corrected chi connectivity index (χ1v) is 22.5. The van der Waals surface area contributed by atoms with Gasteiger partial charge in [0.25, 0.3) is 0 Å². The second kappa shape index (κ2) is 21.4. The molecule has 4 amide bonds. The van der Waals surface area contributed by atoms with E-state index in [-0.39, 0.29) is 43.6 Å². The summed E-state index contributed by atoms with van der Waals surface area (Å²) in [4.78, 5) is 72.9. The van der Waals surface area contributed by atoms with Crippen LogP contribution in [0.3, 0.4) is 0 Å². The van der Waals surface area contributed by atoms with Gasteiger partial charge in [-0.05, 0) is 56.5 Å². The molecule has 6 rings (SSSR count). The third-order valence-electron chi connectivity index (χ3n) is 7.93. The molecule has 2 aromatic carbocycles. The van der Waals surface area contributed by atoms with Crippen molar-refractivity contribution in [1.29, 1.82) is 0 Å². The lowest BCUT2D eigenvalue weighted by Crippen LogP contribution is -2.34. The van der Waals surface area contributed by atoms with Crippen molar-refractivity contribution in [3.63, 3.8) is 0 Å². The van der Waals surface area contributed by atoms with E-state index in [2.05, 4.69) is 51.2 Å². The first-order valence-electron chi connectivity index (χ1n) is 17.9. The van der Waals surface area contributed by atoms with Gasteiger partial charge in [0.05, 0.1) is 33.3 Å². The highest BCUT2D eigenvalue weighted by Crippen LogP contribution is 2.40. The number of esters is 2. The van der Waals surface area contributed by atoms with Gasteiger partial charge in [0.2, 0.25) is 15.0 Å². The molecule has 18 nitrogen and oxygen atoms in total. The fraction of sp³-hybridized carbons (Fsp3) is 0.211. The number of carbonyl (C=O) groups excluding carboxylic acids is 4. The molecule has 0 saturated heterocycles. The number of rotatable bonds is 12. The maximum absolute atomic E-state index is 12.4. The molecule has 0 fully saturated rings. The molecule has 62 heavy (non-hydrogen) atoms. The molecule has 4 heterocycles. The minimum atomic E-state index is -3.69.